The minimum atomic E-state index is -0.617. The first-order chi connectivity index (χ1) is 18.2. The second-order valence-corrected chi connectivity index (χ2v) is 9.44. The predicted octanol–water partition coefficient (Wildman–Crippen LogP) is 6.07. The van der Waals surface area contributed by atoms with E-state index in [1.165, 1.54) is 7.11 Å². The largest absolute Gasteiger partial charge is 0.487 e. The highest BCUT2D eigenvalue weighted by Gasteiger charge is 2.20. The minimum absolute atomic E-state index is 0.0411. The summed E-state index contributed by atoms with van der Waals surface area (Å²) >= 11 is 0. The number of alkyl carbamates (subject to hydrolysis) is 1. The minimum Gasteiger partial charge on any atom is -0.487 e. The molecule has 0 heterocycles. The number of rotatable bonds is 8. The fraction of sp³-hybridized carbons (Fsp3) is 0.290. The summed E-state index contributed by atoms with van der Waals surface area (Å²) in [6.07, 6.45) is -0.908. The van der Waals surface area contributed by atoms with Crippen molar-refractivity contribution in [3.8, 4) is 23.3 Å². The maximum absolute atomic E-state index is 12.5. The Labute approximate surface area is 224 Å². The van der Waals surface area contributed by atoms with Gasteiger partial charge in [-0.2, -0.15) is 0 Å². The second-order valence-electron chi connectivity index (χ2n) is 9.44. The van der Waals surface area contributed by atoms with Crippen LogP contribution in [0.25, 0.3) is 0 Å². The molecule has 0 aromatic heterocycles. The fourth-order valence-electron chi connectivity index (χ4n) is 3.44. The maximum atomic E-state index is 12.5. The van der Waals surface area contributed by atoms with Crippen LogP contribution in [-0.2, 0) is 16.1 Å². The quantitative estimate of drug-likeness (QED) is 0.290. The van der Waals surface area contributed by atoms with Gasteiger partial charge in [-0.25, -0.2) is 9.59 Å². The summed E-state index contributed by atoms with van der Waals surface area (Å²) < 4.78 is 22.6. The van der Waals surface area contributed by atoms with Gasteiger partial charge in [0.15, 0.2) is 0 Å². The molecular formula is C31H33NO6. The van der Waals surface area contributed by atoms with Gasteiger partial charge < -0.3 is 24.3 Å². The number of hydrogen-bond acceptors (Lipinski definition) is 6. The molecule has 0 spiro atoms. The van der Waals surface area contributed by atoms with Gasteiger partial charge in [-0.05, 0) is 51.0 Å². The summed E-state index contributed by atoms with van der Waals surface area (Å²) in [4.78, 5) is 24.5. The van der Waals surface area contributed by atoms with Crippen LogP contribution in [0, 0.1) is 11.8 Å². The van der Waals surface area contributed by atoms with Gasteiger partial charge >= 0.3 is 12.1 Å². The van der Waals surface area contributed by atoms with Crippen LogP contribution >= 0.6 is 0 Å². The summed E-state index contributed by atoms with van der Waals surface area (Å²) in [5.74, 6) is 6.18. The molecule has 0 aliphatic rings. The van der Waals surface area contributed by atoms with E-state index in [1.54, 1.807) is 32.9 Å². The van der Waals surface area contributed by atoms with E-state index in [0.29, 0.717) is 17.1 Å². The third-order valence-corrected chi connectivity index (χ3v) is 5.23. The van der Waals surface area contributed by atoms with Gasteiger partial charge in [-0.1, -0.05) is 72.5 Å². The van der Waals surface area contributed by atoms with Crippen LogP contribution in [0.4, 0.5) is 4.79 Å². The highest BCUT2D eigenvalue weighted by atomic mass is 16.6. The van der Waals surface area contributed by atoms with Crippen LogP contribution in [0.2, 0.25) is 0 Å². The lowest BCUT2D eigenvalue weighted by molar-refractivity contribution is 0.0533. The van der Waals surface area contributed by atoms with E-state index < -0.39 is 17.7 Å². The standard InChI is InChI=1S/C31H33NO6/c1-22(24-15-10-7-11-16-24)37-28-20-25(29(33)35-5)19-27(36-21-23-13-8-6-9-14-23)26(28)17-12-18-32-30(34)38-31(2,3)4/h6-11,13-16,19-20,22H,18,21H2,1-5H3,(H,32,34)/t22-/m1/s1. The van der Waals surface area contributed by atoms with Gasteiger partial charge in [0, 0.05) is 0 Å². The van der Waals surface area contributed by atoms with Crippen LogP contribution in [0.15, 0.2) is 72.8 Å². The number of ether oxygens (including phenoxy) is 4. The highest BCUT2D eigenvalue weighted by molar-refractivity contribution is 5.91. The molecule has 0 aliphatic carbocycles. The molecule has 0 radical (unpaired) electrons. The first-order valence-corrected chi connectivity index (χ1v) is 12.3. The third-order valence-electron chi connectivity index (χ3n) is 5.23. The Bertz CT molecular complexity index is 1290. The average molecular weight is 516 g/mol. The molecule has 3 rings (SSSR count). The molecule has 198 valence electrons. The number of hydrogen-bond donors (Lipinski definition) is 1. The van der Waals surface area contributed by atoms with Gasteiger partial charge in [0.2, 0.25) is 0 Å². The van der Waals surface area contributed by atoms with Gasteiger partial charge in [-0.3, -0.25) is 0 Å². The van der Waals surface area contributed by atoms with E-state index in [-0.39, 0.29) is 24.8 Å². The number of carbonyl (C=O) groups is 2. The van der Waals surface area contributed by atoms with E-state index in [2.05, 4.69) is 17.2 Å². The van der Waals surface area contributed by atoms with Crippen molar-refractivity contribution in [2.75, 3.05) is 13.7 Å². The second kappa shape index (κ2) is 13.2. The normalized spacial score (nSPS) is 11.4. The summed E-state index contributed by atoms with van der Waals surface area (Å²) in [6.45, 7) is 7.56. The fourth-order valence-corrected chi connectivity index (χ4v) is 3.44. The van der Waals surface area contributed by atoms with Crippen molar-refractivity contribution in [3.63, 3.8) is 0 Å². The molecule has 1 atom stereocenters. The number of benzene rings is 3. The number of carbonyl (C=O) groups excluding carboxylic acids is 2. The lowest BCUT2D eigenvalue weighted by Crippen LogP contribution is -2.32. The van der Waals surface area contributed by atoms with Crippen molar-refractivity contribution >= 4 is 12.1 Å². The number of esters is 1. The molecule has 0 aliphatic heterocycles. The van der Waals surface area contributed by atoms with Crippen molar-refractivity contribution in [3.05, 3.63) is 95.1 Å². The molecule has 7 heteroatoms. The van der Waals surface area contributed by atoms with Crippen LogP contribution in [0.3, 0.4) is 0 Å². The molecule has 3 aromatic rings. The topological polar surface area (TPSA) is 83.1 Å². The molecule has 3 aromatic carbocycles. The van der Waals surface area contributed by atoms with E-state index in [9.17, 15) is 9.59 Å². The molecule has 38 heavy (non-hydrogen) atoms. The Kier molecular flexibility index (Phi) is 9.78. The van der Waals surface area contributed by atoms with Crippen molar-refractivity contribution in [1.29, 1.82) is 0 Å². The molecule has 1 amide bonds. The van der Waals surface area contributed by atoms with Crippen molar-refractivity contribution in [2.45, 2.75) is 46.0 Å². The third kappa shape index (κ3) is 8.59. The van der Waals surface area contributed by atoms with Gasteiger partial charge in [0.25, 0.3) is 0 Å². The first kappa shape index (κ1) is 28.1. The maximum Gasteiger partial charge on any atom is 0.408 e. The lowest BCUT2D eigenvalue weighted by Gasteiger charge is -2.19. The molecule has 0 saturated heterocycles. The van der Waals surface area contributed by atoms with Crippen molar-refractivity contribution < 1.29 is 28.5 Å². The molecule has 0 bridgehead atoms. The monoisotopic (exact) mass is 515 g/mol. The van der Waals surface area contributed by atoms with E-state index in [4.69, 9.17) is 18.9 Å². The van der Waals surface area contributed by atoms with Crippen molar-refractivity contribution in [1.82, 2.24) is 5.32 Å². The zero-order chi connectivity index (χ0) is 27.5. The van der Waals surface area contributed by atoms with Gasteiger partial charge in [-0.15, -0.1) is 0 Å². The van der Waals surface area contributed by atoms with E-state index >= 15 is 0 Å². The number of nitrogens with one attached hydrogen (secondary N) is 1. The van der Waals surface area contributed by atoms with Gasteiger partial charge in [0.1, 0.15) is 35.4 Å². The Morgan fingerprint density at radius 3 is 2.21 bits per heavy atom. The van der Waals surface area contributed by atoms with E-state index in [1.807, 2.05) is 67.6 Å². The Hall–Kier alpha value is -4.44. The zero-order valence-electron chi connectivity index (χ0n) is 22.4. The number of amides is 1. The molecule has 1 N–H and O–H groups in total. The Morgan fingerprint density at radius 2 is 1.58 bits per heavy atom. The highest BCUT2D eigenvalue weighted by Crippen LogP contribution is 2.34. The SMILES string of the molecule is COC(=O)c1cc(OCc2ccccc2)c(C#CCNC(=O)OC(C)(C)C)c(O[C@H](C)c2ccccc2)c1. The summed E-state index contributed by atoms with van der Waals surface area (Å²) in [7, 11) is 1.32. The molecule has 0 fully saturated rings. The van der Waals surface area contributed by atoms with Gasteiger partial charge in [0.05, 0.1) is 19.2 Å². The average Bonchev–Trinajstić information content (AvgIpc) is 2.90. The summed E-state index contributed by atoms with van der Waals surface area (Å²) in [5, 5.41) is 2.62. The van der Waals surface area contributed by atoms with Crippen molar-refractivity contribution in [2.24, 2.45) is 0 Å². The molecule has 0 saturated carbocycles. The van der Waals surface area contributed by atoms with Crippen LogP contribution in [0.1, 0.15) is 60.8 Å². The number of methoxy groups -OCH3 is 1. The Balaban J connectivity index is 1.97. The molecule has 7 nitrogen and oxygen atoms in total. The van der Waals surface area contributed by atoms with E-state index in [0.717, 1.165) is 11.1 Å². The smallest absolute Gasteiger partial charge is 0.408 e. The molecule has 0 unspecified atom stereocenters. The van der Waals surface area contributed by atoms with Crippen LogP contribution in [0.5, 0.6) is 11.5 Å². The first-order valence-electron chi connectivity index (χ1n) is 12.3. The van der Waals surface area contributed by atoms with Crippen LogP contribution < -0.4 is 14.8 Å². The molecular weight excluding hydrogens is 482 g/mol. The summed E-state index contributed by atoms with van der Waals surface area (Å²) in [6, 6.07) is 22.5. The predicted molar refractivity (Wildman–Crippen MR) is 145 cm³/mol. The summed E-state index contributed by atoms with van der Waals surface area (Å²) in [5.41, 5.74) is 1.99. The van der Waals surface area contributed by atoms with Crippen LogP contribution in [-0.4, -0.2) is 31.3 Å². The zero-order valence-corrected chi connectivity index (χ0v) is 22.4. The lowest BCUT2D eigenvalue weighted by atomic mass is 10.1. The Morgan fingerprint density at radius 1 is 0.947 bits per heavy atom.